The molecular weight excluding hydrogens is 360 g/mol. The molecule has 0 saturated carbocycles. The van der Waals surface area contributed by atoms with E-state index in [9.17, 15) is 15.0 Å². The summed E-state index contributed by atoms with van der Waals surface area (Å²) in [6, 6.07) is 19.5. The predicted octanol–water partition coefficient (Wildman–Crippen LogP) is 3.82. The molecule has 0 fully saturated rings. The summed E-state index contributed by atoms with van der Waals surface area (Å²) in [7, 11) is 0. The Hall–Kier alpha value is -3.73. The molecule has 2 atom stereocenters. The molecule has 138 valence electrons. The SMILES string of the molecule is N#CC1OC(O)c2nc(-c3ccc(Oc4ccccc4)cc3)cc(C(=O)O)c21. The molecule has 0 aliphatic carbocycles. The van der Waals surface area contributed by atoms with Gasteiger partial charge < -0.3 is 19.7 Å². The molecule has 7 nitrogen and oxygen atoms in total. The van der Waals surface area contributed by atoms with Crippen LogP contribution in [0.25, 0.3) is 11.3 Å². The Balaban J connectivity index is 1.70. The van der Waals surface area contributed by atoms with Crippen LogP contribution in [0.2, 0.25) is 0 Å². The highest BCUT2D eigenvalue weighted by Crippen LogP contribution is 2.40. The molecule has 3 aromatic rings. The number of aliphatic hydroxyl groups is 1. The van der Waals surface area contributed by atoms with Crippen molar-refractivity contribution in [1.29, 1.82) is 5.26 Å². The molecule has 0 amide bonds. The number of para-hydroxylation sites is 1. The van der Waals surface area contributed by atoms with E-state index in [0.717, 1.165) is 0 Å². The maximum Gasteiger partial charge on any atom is 0.336 e. The van der Waals surface area contributed by atoms with Gasteiger partial charge in [-0.05, 0) is 42.5 Å². The van der Waals surface area contributed by atoms with E-state index in [4.69, 9.17) is 14.7 Å². The predicted molar refractivity (Wildman–Crippen MR) is 97.5 cm³/mol. The Bertz CT molecular complexity index is 1070. The Kier molecular flexibility index (Phi) is 4.49. The number of nitrogens with zero attached hydrogens (tertiary/aromatic N) is 2. The lowest BCUT2D eigenvalue weighted by Crippen LogP contribution is -2.07. The van der Waals surface area contributed by atoms with Gasteiger partial charge in [0.25, 0.3) is 0 Å². The number of ether oxygens (including phenoxy) is 2. The van der Waals surface area contributed by atoms with E-state index in [1.807, 2.05) is 36.4 Å². The zero-order chi connectivity index (χ0) is 19.7. The lowest BCUT2D eigenvalue weighted by Gasteiger charge is -2.10. The van der Waals surface area contributed by atoms with Gasteiger partial charge in [0.2, 0.25) is 6.29 Å². The standard InChI is InChI=1S/C21H14N2O5/c22-11-17-18-15(20(24)25)10-16(23-19(18)21(26)28-17)12-6-8-14(9-7-12)27-13-4-2-1-3-5-13/h1-10,17,21,26H,(H,24,25). The number of nitriles is 1. The van der Waals surface area contributed by atoms with Gasteiger partial charge in [-0.2, -0.15) is 5.26 Å². The van der Waals surface area contributed by atoms with E-state index in [-0.39, 0.29) is 16.8 Å². The minimum Gasteiger partial charge on any atom is -0.478 e. The quantitative estimate of drug-likeness (QED) is 0.713. The van der Waals surface area contributed by atoms with Crippen LogP contribution in [0.5, 0.6) is 11.5 Å². The average molecular weight is 374 g/mol. The monoisotopic (exact) mass is 374 g/mol. The third-order valence-electron chi connectivity index (χ3n) is 4.33. The van der Waals surface area contributed by atoms with Crippen LogP contribution in [0.15, 0.2) is 60.7 Å². The third kappa shape index (κ3) is 3.18. The summed E-state index contributed by atoms with van der Waals surface area (Å²) in [4.78, 5) is 16.0. The fourth-order valence-corrected chi connectivity index (χ4v) is 3.04. The van der Waals surface area contributed by atoms with Crippen LogP contribution >= 0.6 is 0 Å². The number of fused-ring (bicyclic) bond motifs is 1. The highest BCUT2D eigenvalue weighted by atomic mass is 16.6. The molecule has 1 aliphatic heterocycles. The smallest absolute Gasteiger partial charge is 0.336 e. The summed E-state index contributed by atoms with van der Waals surface area (Å²) >= 11 is 0. The number of aromatic nitrogens is 1. The summed E-state index contributed by atoms with van der Waals surface area (Å²) in [6.45, 7) is 0. The number of aliphatic hydroxyl groups excluding tert-OH is 1. The summed E-state index contributed by atoms with van der Waals surface area (Å²) < 4.78 is 10.8. The molecule has 1 aromatic heterocycles. The molecule has 0 spiro atoms. The lowest BCUT2D eigenvalue weighted by molar-refractivity contribution is -0.106. The molecule has 2 unspecified atom stereocenters. The molecule has 2 N–H and O–H groups in total. The van der Waals surface area contributed by atoms with Crippen LogP contribution in [-0.2, 0) is 4.74 Å². The van der Waals surface area contributed by atoms with E-state index in [2.05, 4.69) is 4.98 Å². The van der Waals surface area contributed by atoms with Gasteiger partial charge in [0.15, 0.2) is 6.10 Å². The first kappa shape index (κ1) is 17.7. The van der Waals surface area contributed by atoms with Gasteiger partial charge >= 0.3 is 5.97 Å². The van der Waals surface area contributed by atoms with Crippen LogP contribution < -0.4 is 4.74 Å². The Labute approximate surface area is 160 Å². The minimum atomic E-state index is -1.45. The van der Waals surface area contributed by atoms with Crippen molar-refractivity contribution in [2.45, 2.75) is 12.4 Å². The van der Waals surface area contributed by atoms with Gasteiger partial charge in [-0.15, -0.1) is 0 Å². The van der Waals surface area contributed by atoms with Crippen molar-refractivity contribution in [3.05, 3.63) is 77.5 Å². The van der Waals surface area contributed by atoms with E-state index >= 15 is 0 Å². The molecule has 4 rings (SSSR count). The van der Waals surface area contributed by atoms with Gasteiger partial charge in [0.1, 0.15) is 17.2 Å². The van der Waals surface area contributed by atoms with Crippen molar-refractivity contribution >= 4 is 5.97 Å². The second kappa shape index (κ2) is 7.12. The van der Waals surface area contributed by atoms with Gasteiger partial charge in [-0.1, -0.05) is 18.2 Å². The second-order valence-corrected chi connectivity index (χ2v) is 6.10. The fourth-order valence-electron chi connectivity index (χ4n) is 3.04. The topological polar surface area (TPSA) is 113 Å². The van der Waals surface area contributed by atoms with Crippen molar-refractivity contribution in [3.8, 4) is 28.8 Å². The zero-order valence-corrected chi connectivity index (χ0v) is 14.4. The van der Waals surface area contributed by atoms with Crippen LogP contribution in [0, 0.1) is 11.3 Å². The lowest BCUT2D eigenvalue weighted by atomic mass is 10.00. The molecule has 28 heavy (non-hydrogen) atoms. The van der Waals surface area contributed by atoms with E-state index in [0.29, 0.717) is 22.8 Å². The average Bonchev–Trinajstić information content (AvgIpc) is 3.04. The number of pyridine rings is 1. The van der Waals surface area contributed by atoms with Crippen molar-refractivity contribution in [3.63, 3.8) is 0 Å². The molecular formula is C21H14N2O5. The van der Waals surface area contributed by atoms with Crippen LogP contribution in [0.3, 0.4) is 0 Å². The van der Waals surface area contributed by atoms with Crippen LogP contribution in [-0.4, -0.2) is 21.2 Å². The molecule has 2 aromatic carbocycles. The van der Waals surface area contributed by atoms with Gasteiger partial charge in [-0.25, -0.2) is 9.78 Å². The number of benzene rings is 2. The Morgan fingerprint density at radius 1 is 1.11 bits per heavy atom. The number of carbonyl (C=O) groups is 1. The number of carboxylic acid groups (broad SMARTS) is 1. The Morgan fingerprint density at radius 3 is 2.43 bits per heavy atom. The van der Waals surface area contributed by atoms with E-state index in [1.165, 1.54) is 6.07 Å². The maximum absolute atomic E-state index is 11.7. The van der Waals surface area contributed by atoms with Crippen LogP contribution in [0.4, 0.5) is 0 Å². The van der Waals surface area contributed by atoms with Crippen molar-refractivity contribution in [2.75, 3.05) is 0 Å². The van der Waals surface area contributed by atoms with Crippen molar-refractivity contribution in [1.82, 2.24) is 4.98 Å². The third-order valence-corrected chi connectivity index (χ3v) is 4.33. The normalized spacial score (nSPS) is 17.6. The summed E-state index contributed by atoms with van der Waals surface area (Å²) in [5, 5.41) is 28.7. The van der Waals surface area contributed by atoms with E-state index in [1.54, 1.807) is 24.3 Å². The highest BCUT2D eigenvalue weighted by molar-refractivity contribution is 5.91. The summed E-state index contributed by atoms with van der Waals surface area (Å²) in [6.07, 6.45) is -2.61. The largest absolute Gasteiger partial charge is 0.478 e. The van der Waals surface area contributed by atoms with E-state index < -0.39 is 18.4 Å². The maximum atomic E-state index is 11.7. The van der Waals surface area contributed by atoms with Gasteiger partial charge in [-0.3, -0.25) is 0 Å². The van der Waals surface area contributed by atoms with Crippen LogP contribution in [0.1, 0.15) is 34.0 Å². The first-order chi connectivity index (χ1) is 13.6. The highest BCUT2D eigenvalue weighted by Gasteiger charge is 2.36. The molecule has 0 radical (unpaired) electrons. The summed E-state index contributed by atoms with van der Waals surface area (Å²) in [5.74, 6) is 0.0891. The molecule has 0 bridgehead atoms. The number of rotatable bonds is 4. The Morgan fingerprint density at radius 2 is 1.79 bits per heavy atom. The minimum absolute atomic E-state index is 0.0473. The molecule has 0 saturated heterocycles. The molecule has 1 aliphatic rings. The van der Waals surface area contributed by atoms with Gasteiger partial charge in [0, 0.05) is 11.1 Å². The molecule has 7 heteroatoms. The van der Waals surface area contributed by atoms with Crippen molar-refractivity contribution in [2.24, 2.45) is 0 Å². The first-order valence-electron chi connectivity index (χ1n) is 8.41. The first-order valence-corrected chi connectivity index (χ1v) is 8.41. The number of aromatic carboxylic acids is 1. The number of hydrogen-bond acceptors (Lipinski definition) is 6. The fraction of sp³-hybridized carbons (Fsp3) is 0.0952. The van der Waals surface area contributed by atoms with Gasteiger partial charge in [0.05, 0.1) is 17.3 Å². The number of carboxylic acids is 1. The molecule has 2 heterocycles. The second-order valence-electron chi connectivity index (χ2n) is 6.10. The van der Waals surface area contributed by atoms with Crippen molar-refractivity contribution < 1.29 is 24.5 Å². The zero-order valence-electron chi connectivity index (χ0n) is 14.4. The summed E-state index contributed by atoms with van der Waals surface area (Å²) in [5.41, 5.74) is 1.01. The number of hydrogen-bond donors (Lipinski definition) is 2.